The molecular formula is C17H38N4O2. The van der Waals surface area contributed by atoms with Gasteiger partial charge in [0.25, 0.3) is 0 Å². The quantitative estimate of drug-likeness (QED) is 0.396. The molecule has 0 bridgehead atoms. The number of ether oxygens (including phenoxy) is 2. The average Bonchev–Trinajstić information content (AvgIpc) is 2.51. The zero-order valence-electron chi connectivity index (χ0n) is 16.0. The first kappa shape index (κ1) is 22.1. The van der Waals surface area contributed by atoms with Gasteiger partial charge in [0.2, 0.25) is 0 Å². The molecule has 0 fully saturated rings. The van der Waals surface area contributed by atoms with E-state index in [9.17, 15) is 0 Å². The molecule has 0 aliphatic carbocycles. The molecule has 2 N–H and O–H groups in total. The van der Waals surface area contributed by atoms with Crippen molar-refractivity contribution in [3.8, 4) is 0 Å². The molecule has 6 heteroatoms. The third kappa shape index (κ3) is 12.3. The summed E-state index contributed by atoms with van der Waals surface area (Å²) in [5.41, 5.74) is 0. The van der Waals surface area contributed by atoms with Gasteiger partial charge in [-0.1, -0.05) is 13.8 Å². The Morgan fingerprint density at radius 1 is 1.17 bits per heavy atom. The van der Waals surface area contributed by atoms with Gasteiger partial charge in [-0.3, -0.25) is 4.99 Å². The lowest BCUT2D eigenvalue weighted by molar-refractivity contribution is 0.0266. The zero-order chi connectivity index (χ0) is 17.5. The van der Waals surface area contributed by atoms with E-state index >= 15 is 0 Å². The number of rotatable bonds is 13. The monoisotopic (exact) mass is 330 g/mol. The summed E-state index contributed by atoms with van der Waals surface area (Å²) in [5, 5.41) is 6.67. The molecule has 0 aliphatic rings. The molecule has 6 nitrogen and oxygen atoms in total. The molecule has 0 aliphatic heterocycles. The smallest absolute Gasteiger partial charge is 0.191 e. The van der Waals surface area contributed by atoms with E-state index in [1.165, 1.54) is 0 Å². The van der Waals surface area contributed by atoms with Crippen LogP contribution in [0.1, 0.15) is 34.1 Å². The Labute approximate surface area is 143 Å². The first-order valence-electron chi connectivity index (χ1n) is 8.86. The number of nitrogens with one attached hydrogen (secondary N) is 2. The van der Waals surface area contributed by atoms with E-state index in [1.54, 1.807) is 7.11 Å². The molecule has 0 radical (unpaired) electrons. The van der Waals surface area contributed by atoms with Crippen molar-refractivity contribution >= 4 is 5.96 Å². The Balaban J connectivity index is 4.16. The number of nitrogens with zero attached hydrogens (tertiary/aromatic N) is 2. The van der Waals surface area contributed by atoms with Gasteiger partial charge in [0.1, 0.15) is 0 Å². The molecular weight excluding hydrogens is 292 g/mol. The highest BCUT2D eigenvalue weighted by atomic mass is 16.5. The normalized spacial score (nSPS) is 13.7. The molecule has 0 amide bonds. The third-order valence-electron chi connectivity index (χ3n) is 3.62. The number of aliphatic imine (C=N–C) groups is 1. The van der Waals surface area contributed by atoms with E-state index in [0.717, 1.165) is 58.3 Å². The van der Waals surface area contributed by atoms with Gasteiger partial charge in [-0.25, -0.2) is 0 Å². The molecule has 0 rings (SSSR count). The first-order valence-corrected chi connectivity index (χ1v) is 8.86. The largest absolute Gasteiger partial charge is 0.383 e. The SMILES string of the molecule is CCNC(=NCCC(OCC)C(C)C)NCCN(C)CCOC. The van der Waals surface area contributed by atoms with Crippen molar-refractivity contribution in [1.29, 1.82) is 0 Å². The summed E-state index contributed by atoms with van der Waals surface area (Å²) >= 11 is 0. The van der Waals surface area contributed by atoms with Crippen molar-refractivity contribution in [3.05, 3.63) is 0 Å². The molecule has 0 aromatic heterocycles. The van der Waals surface area contributed by atoms with Crippen molar-refractivity contribution in [2.75, 3.05) is 60.1 Å². The van der Waals surface area contributed by atoms with Crippen molar-refractivity contribution in [2.45, 2.75) is 40.2 Å². The Morgan fingerprint density at radius 3 is 2.48 bits per heavy atom. The Morgan fingerprint density at radius 2 is 1.91 bits per heavy atom. The maximum Gasteiger partial charge on any atom is 0.191 e. The van der Waals surface area contributed by atoms with Gasteiger partial charge >= 0.3 is 0 Å². The number of methoxy groups -OCH3 is 1. The number of guanidine groups is 1. The van der Waals surface area contributed by atoms with Crippen LogP contribution in [-0.4, -0.2) is 77.1 Å². The van der Waals surface area contributed by atoms with Gasteiger partial charge < -0.3 is 25.0 Å². The molecule has 23 heavy (non-hydrogen) atoms. The van der Waals surface area contributed by atoms with Crippen molar-refractivity contribution in [3.63, 3.8) is 0 Å². The summed E-state index contributed by atoms with van der Waals surface area (Å²) in [7, 11) is 3.83. The van der Waals surface area contributed by atoms with Gasteiger partial charge in [0.05, 0.1) is 12.7 Å². The lowest BCUT2D eigenvalue weighted by atomic mass is 10.0. The van der Waals surface area contributed by atoms with Crippen LogP contribution in [0.4, 0.5) is 0 Å². The summed E-state index contributed by atoms with van der Waals surface area (Å²) in [6.45, 7) is 14.5. The number of hydrogen-bond acceptors (Lipinski definition) is 4. The van der Waals surface area contributed by atoms with E-state index in [0.29, 0.717) is 5.92 Å². The Kier molecular flexibility index (Phi) is 14.2. The number of hydrogen-bond donors (Lipinski definition) is 2. The minimum Gasteiger partial charge on any atom is -0.383 e. The molecule has 0 aromatic rings. The first-order chi connectivity index (χ1) is 11.0. The van der Waals surface area contributed by atoms with Crippen LogP contribution in [0, 0.1) is 5.92 Å². The van der Waals surface area contributed by atoms with Gasteiger partial charge in [0, 0.05) is 46.4 Å². The van der Waals surface area contributed by atoms with E-state index in [4.69, 9.17) is 9.47 Å². The summed E-state index contributed by atoms with van der Waals surface area (Å²) < 4.78 is 10.8. The minimum atomic E-state index is 0.284. The second-order valence-electron chi connectivity index (χ2n) is 6.01. The van der Waals surface area contributed by atoms with Crippen molar-refractivity contribution < 1.29 is 9.47 Å². The van der Waals surface area contributed by atoms with Crippen LogP contribution < -0.4 is 10.6 Å². The number of likely N-dealkylation sites (N-methyl/N-ethyl adjacent to an activating group) is 1. The van der Waals surface area contributed by atoms with Crippen LogP contribution in [0.5, 0.6) is 0 Å². The lowest BCUT2D eigenvalue weighted by Crippen LogP contribution is -2.41. The van der Waals surface area contributed by atoms with Crippen LogP contribution in [0.3, 0.4) is 0 Å². The fourth-order valence-corrected chi connectivity index (χ4v) is 2.19. The van der Waals surface area contributed by atoms with Gasteiger partial charge in [-0.05, 0) is 33.2 Å². The molecule has 1 atom stereocenters. The lowest BCUT2D eigenvalue weighted by Gasteiger charge is -2.20. The molecule has 0 heterocycles. The van der Waals surface area contributed by atoms with Gasteiger partial charge in [0.15, 0.2) is 5.96 Å². The Hall–Kier alpha value is -0.850. The van der Waals surface area contributed by atoms with E-state index in [1.807, 2.05) is 6.92 Å². The average molecular weight is 331 g/mol. The predicted molar refractivity (Wildman–Crippen MR) is 98.2 cm³/mol. The van der Waals surface area contributed by atoms with Gasteiger partial charge in [-0.15, -0.1) is 0 Å². The zero-order valence-corrected chi connectivity index (χ0v) is 16.0. The van der Waals surface area contributed by atoms with Crippen molar-refractivity contribution in [1.82, 2.24) is 15.5 Å². The summed E-state index contributed by atoms with van der Waals surface area (Å²) in [4.78, 5) is 6.89. The molecule has 0 spiro atoms. The fourth-order valence-electron chi connectivity index (χ4n) is 2.19. The van der Waals surface area contributed by atoms with E-state index in [-0.39, 0.29) is 6.10 Å². The van der Waals surface area contributed by atoms with Crippen LogP contribution >= 0.6 is 0 Å². The topological polar surface area (TPSA) is 58.1 Å². The van der Waals surface area contributed by atoms with Crippen LogP contribution in [-0.2, 0) is 9.47 Å². The molecule has 138 valence electrons. The maximum absolute atomic E-state index is 5.77. The standard InChI is InChI=1S/C17H38N4O2/c1-7-18-17(20-11-12-21(5)13-14-22-6)19-10-9-16(15(3)4)23-8-2/h15-16H,7-14H2,1-6H3,(H2,18,19,20). The second kappa shape index (κ2) is 14.7. The Bertz CT molecular complexity index is 298. The highest BCUT2D eigenvalue weighted by molar-refractivity contribution is 5.79. The van der Waals surface area contributed by atoms with Crippen LogP contribution in [0.15, 0.2) is 4.99 Å². The predicted octanol–water partition coefficient (Wildman–Crippen LogP) is 1.57. The van der Waals surface area contributed by atoms with E-state index < -0.39 is 0 Å². The maximum atomic E-state index is 5.77. The third-order valence-corrected chi connectivity index (χ3v) is 3.62. The summed E-state index contributed by atoms with van der Waals surface area (Å²) in [6.07, 6.45) is 1.24. The fraction of sp³-hybridized carbons (Fsp3) is 0.941. The molecule has 0 saturated heterocycles. The van der Waals surface area contributed by atoms with Gasteiger partial charge in [-0.2, -0.15) is 0 Å². The van der Waals surface area contributed by atoms with Crippen LogP contribution in [0.2, 0.25) is 0 Å². The van der Waals surface area contributed by atoms with E-state index in [2.05, 4.69) is 48.3 Å². The highest BCUT2D eigenvalue weighted by Gasteiger charge is 2.12. The summed E-state index contributed by atoms with van der Waals surface area (Å²) in [6, 6.07) is 0. The molecule has 0 saturated carbocycles. The minimum absolute atomic E-state index is 0.284. The van der Waals surface area contributed by atoms with Crippen LogP contribution in [0.25, 0.3) is 0 Å². The second-order valence-corrected chi connectivity index (χ2v) is 6.01. The highest BCUT2D eigenvalue weighted by Crippen LogP contribution is 2.10. The molecule has 1 unspecified atom stereocenters. The summed E-state index contributed by atoms with van der Waals surface area (Å²) in [5.74, 6) is 1.40. The van der Waals surface area contributed by atoms with Crippen molar-refractivity contribution in [2.24, 2.45) is 10.9 Å². The molecule has 0 aromatic carbocycles.